The summed E-state index contributed by atoms with van der Waals surface area (Å²) < 4.78 is 11.3. The van der Waals surface area contributed by atoms with E-state index >= 15 is 0 Å². The quantitative estimate of drug-likeness (QED) is 0.907. The van der Waals surface area contributed by atoms with E-state index in [9.17, 15) is 13.8 Å². The van der Waals surface area contributed by atoms with E-state index in [4.69, 9.17) is 0 Å². The van der Waals surface area contributed by atoms with Crippen molar-refractivity contribution in [3.05, 3.63) is 59.7 Å². The van der Waals surface area contributed by atoms with Gasteiger partial charge >= 0.3 is 0 Å². The zero-order valence-electron chi connectivity index (χ0n) is 13.9. The number of amides is 2. The maximum Gasteiger partial charge on any atom is 0.255 e. The first kappa shape index (κ1) is 17.9. The van der Waals surface area contributed by atoms with Gasteiger partial charge in [0.2, 0.25) is 5.91 Å². The van der Waals surface area contributed by atoms with E-state index in [0.29, 0.717) is 17.0 Å². The molecule has 0 aliphatic rings. The van der Waals surface area contributed by atoms with Crippen molar-refractivity contribution < 1.29 is 13.8 Å². The van der Waals surface area contributed by atoms with E-state index in [-0.39, 0.29) is 11.8 Å². The van der Waals surface area contributed by atoms with Crippen molar-refractivity contribution in [2.75, 3.05) is 23.5 Å². The highest BCUT2D eigenvalue weighted by Gasteiger charge is 2.09. The van der Waals surface area contributed by atoms with Crippen LogP contribution in [-0.2, 0) is 21.3 Å². The van der Waals surface area contributed by atoms with Gasteiger partial charge in [0.25, 0.3) is 5.91 Å². The molecule has 0 aliphatic heterocycles. The van der Waals surface area contributed by atoms with Gasteiger partial charge in [-0.25, -0.2) is 0 Å². The van der Waals surface area contributed by atoms with E-state index in [1.807, 2.05) is 6.07 Å². The first-order chi connectivity index (χ1) is 11.4. The minimum Gasteiger partial charge on any atom is -0.322 e. The van der Waals surface area contributed by atoms with Crippen molar-refractivity contribution >= 4 is 34.0 Å². The number of hydrogen-bond acceptors (Lipinski definition) is 3. The molecule has 24 heavy (non-hydrogen) atoms. The molecule has 0 aromatic heterocycles. The lowest BCUT2D eigenvalue weighted by Crippen LogP contribution is -2.22. The van der Waals surface area contributed by atoms with Gasteiger partial charge in [-0.05, 0) is 42.0 Å². The summed E-state index contributed by atoms with van der Waals surface area (Å²) in [6.45, 7) is 1.49. The van der Waals surface area contributed by atoms with Crippen molar-refractivity contribution in [2.45, 2.75) is 12.7 Å². The second-order valence-electron chi connectivity index (χ2n) is 5.50. The fourth-order valence-electron chi connectivity index (χ4n) is 2.19. The van der Waals surface area contributed by atoms with Crippen LogP contribution in [0.2, 0.25) is 0 Å². The molecule has 2 aromatic rings. The Hall–Kier alpha value is -2.47. The topological polar surface area (TPSA) is 66.5 Å². The molecular formula is C18H20N2O3S. The molecule has 0 bridgehead atoms. The molecule has 1 unspecified atom stereocenters. The normalized spacial score (nSPS) is 11.6. The van der Waals surface area contributed by atoms with Gasteiger partial charge in [-0.2, -0.15) is 0 Å². The number of rotatable bonds is 5. The number of carbonyl (C=O) groups is 2. The van der Waals surface area contributed by atoms with Crippen LogP contribution in [0, 0.1) is 0 Å². The largest absolute Gasteiger partial charge is 0.322 e. The molecule has 2 rings (SSSR count). The fourth-order valence-corrected chi connectivity index (χ4v) is 2.84. The Morgan fingerprint density at radius 3 is 2.38 bits per heavy atom. The highest BCUT2D eigenvalue weighted by atomic mass is 32.2. The maximum atomic E-state index is 12.3. The average Bonchev–Trinajstić information content (AvgIpc) is 2.54. The van der Waals surface area contributed by atoms with E-state index < -0.39 is 10.8 Å². The molecule has 0 fully saturated rings. The molecule has 6 heteroatoms. The standard InChI is InChI=1S/C18H20N2O3S/c1-13(21)20(2)17-9-7-16(8-10-17)19-18(22)15-6-4-5-14(11-15)12-24(3)23/h4-11H,12H2,1-3H3,(H,19,22). The summed E-state index contributed by atoms with van der Waals surface area (Å²) in [4.78, 5) is 25.2. The summed E-state index contributed by atoms with van der Waals surface area (Å²) in [5.41, 5.74) is 2.78. The molecule has 1 N–H and O–H groups in total. The van der Waals surface area contributed by atoms with Crippen LogP contribution in [0.3, 0.4) is 0 Å². The molecule has 0 spiro atoms. The van der Waals surface area contributed by atoms with Gasteiger partial charge in [0.05, 0.1) is 0 Å². The van der Waals surface area contributed by atoms with Crippen LogP contribution in [0.1, 0.15) is 22.8 Å². The second-order valence-corrected chi connectivity index (χ2v) is 6.93. The van der Waals surface area contributed by atoms with E-state index in [1.54, 1.807) is 55.8 Å². The van der Waals surface area contributed by atoms with Gasteiger partial charge < -0.3 is 10.2 Å². The highest BCUT2D eigenvalue weighted by Crippen LogP contribution is 2.18. The van der Waals surface area contributed by atoms with Gasteiger partial charge in [0, 0.05) is 53.7 Å². The second kappa shape index (κ2) is 7.88. The van der Waals surface area contributed by atoms with E-state index in [2.05, 4.69) is 5.32 Å². The van der Waals surface area contributed by atoms with Crippen LogP contribution >= 0.6 is 0 Å². The zero-order chi connectivity index (χ0) is 17.7. The van der Waals surface area contributed by atoms with Crippen molar-refractivity contribution in [3.8, 4) is 0 Å². The predicted octanol–water partition coefficient (Wildman–Crippen LogP) is 2.80. The van der Waals surface area contributed by atoms with Gasteiger partial charge in [-0.1, -0.05) is 12.1 Å². The van der Waals surface area contributed by atoms with Crippen LogP contribution in [0.25, 0.3) is 0 Å². The van der Waals surface area contributed by atoms with Crippen molar-refractivity contribution in [2.24, 2.45) is 0 Å². The summed E-state index contributed by atoms with van der Waals surface area (Å²) in [6.07, 6.45) is 1.63. The molecule has 126 valence electrons. The number of nitrogens with one attached hydrogen (secondary N) is 1. The Bertz CT molecular complexity index is 772. The maximum absolute atomic E-state index is 12.3. The SMILES string of the molecule is CC(=O)N(C)c1ccc(NC(=O)c2cccc(CS(C)=O)c2)cc1. The van der Waals surface area contributed by atoms with Crippen molar-refractivity contribution in [1.82, 2.24) is 0 Å². The molecule has 1 atom stereocenters. The first-order valence-electron chi connectivity index (χ1n) is 7.41. The predicted molar refractivity (Wildman–Crippen MR) is 97.7 cm³/mol. The van der Waals surface area contributed by atoms with Crippen LogP contribution in [0.5, 0.6) is 0 Å². The van der Waals surface area contributed by atoms with Gasteiger partial charge in [-0.15, -0.1) is 0 Å². The molecular weight excluding hydrogens is 324 g/mol. The van der Waals surface area contributed by atoms with Gasteiger partial charge in [0.1, 0.15) is 0 Å². The molecule has 0 aliphatic carbocycles. The molecule has 0 heterocycles. The third-order valence-electron chi connectivity index (χ3n) is 3.54. The Kier molecular flexibility index (Phi) is 5.87. The summed E-state index contributed by atoms with van der Waals surface area (Å²) in [5.74, 6) is 0.135. The summed E-state index contributed by atoms with van der Waals surface area (Å²) in [6, 6.07) is 14.1. The first-order valence-corrected chi connectivity index (χ1v) is 9.14. The smallest absolute Gasteiger partial charge is 0.255 e. The molecule has 5 nitrogen and oxygen atoms in total. The van der Waals surface area contributed by atoms with Crippen molar-refractivity contribution in [1.29, 1.82) is 0 Å². The summed E-state index contributed by atoms with van der Waals surface area (Å²) in [7, 11) is 0.743. The Morgan fingerprint density at radius 2 is 1.79 bits per heavy atom. The summed E-state index contributed by atoms with van der Waals surface area (Å²) >= 11 is 0. The fraction of sp³-hybridized carbons (Fsp3) is 0.222. The lowest BCUT2D eigenvalue weighted by molar-refractivity contribution is -0.116. The molecule has 0 saturated heterocycles. The van der Waals surface area contributed by atoms with Crippen LogP contribution in [-0.4, -0.2) is 29.3 Å². The number of anilines is 2. The molecule has 0 saturated carbocycles. The third kappa shape index (κ3) is 4.76. The highest BCUT2D eigenvalue weighted by molar-refractivity contribution is 7.83. The number of hydrogen-bond donors (Lipinski definition) is 1. The minimum absolute atomic E-state index is 0.0584. The Morgan fingerprint density at radius 1 is 1.12 bits per heavy atom. The number of nitrogens with zero attached hydrogens (tertiary/aromatic N) is 1. The number of benzene rings is 2. The molecule has 2 aromatic carbocycles. The molecule has 0 radical (unpaired) electrons. The monoisotopic (exact) mass is 344 g/mol. The third-order valence-corrected chi connectivity index (χ3v) is 4.28. The summed E-state index contributed by atoms with van der Waals surface area (Å²) in [5, 5.41) is 2.82. The Labute approximate surface area is 144 Å². The van der Waals surface area contributed by atoms with E-state index in [1.165, 1.54) is 11.8 Å². The minimum atomic E-state index is -0.951. The van der Waals surface area contributed by atoms with Crippen LogP contribution in [0.15, 0.2) is 48.5 Å². The van der Waals surface area contributed by atoms with Crippen LogP contribution in [0.4, 0.5) is 11.4 Å². The molecule has 2 amide bonds. The lowest BCUT2D eigenvalue weighted by Gasteiger charge is -2.15. The average molecular weight is 344 g/mol. The Balaban J connectivity index is 2.09. The van der Waals surface area contributed by atoms with Gasteiger partial charge in [-0.3, -0.25) is 13.8 Å². The van der Waals surface area contributed by atoms with Crippen LogP contribution < -0.4 is 10.2 Å². The lowest BCUT2D eigenvalue weighted by atomic mass is 10.1. The number of carbonyl (C=O) groups excluding carboxylic acids is 2. The van der Waals surface area contributed by atoms with Crippen molar-refractivity contribution in [3.63, 3.8) is 0 Å². The van der Waals surface area contributed by atoms with Gasteiger partial charge in [0.15, 0.2) is 0 Å². The van der Waals surface area contributed by atoms with E-state index in [0.717, 1.165) is 11.3 Å². The zero-order valence-corrected chi connectivity index (χ0v) is 14.7.